The van der Waals surface area contributed by atoms with Crippen molar-refractivity contribution in [2.24, 2.45) is 0 Å². The smallest absolute Gasteiger partial charge is 0.0517 e. The first-order valence-corrected chi connectivity index (χ1v) is 8.25. The summed E-state index contributed by atoms with van der Waals surface area (Å²) in [6, 6.07) is 13.0. The van der Waals surface area contributed by atoms with Crippen LogP contribution in [-0.4, -0.2) is 6.26 Å². The lowest BCUT2D eigenvalue weighted by atomic mass is 10.1. The van der Waals surface area contributed by atoms with E-state index in [2.05, 4.69) is 77.7 Å². The van der Waals surface area contributed by atoms with Crippen LogP contribution in [0.4, 0.5) is 5.69 Å². The van der Waals surface area contributed by atoms with Crippen LogP contribution in [0.15, 0.2) is 45.8 Å². The molecule has 0 unspecified atom stereocenters. The van der Waals surface area contributed by atoms with Crippen LogP contribution in [0.2, 0.25) is 0 Å². The van der Waals surface area contributed by atoms with E-state index in [0.29, 0.717) is 0 Å². The van der Waals surface area contributed by atoms with Crippen LogP contribution in [0.25, 0.3) is 0 Å². The van der Waals surface area contributed by atoms with E-state index >= 15 is 0 Å². The minimum absolute atomic E-state index is 0.844. The Morgan fingerprint density at radius 3 is 2.37 bits per heavy atom. The topological polar surface area (TPSA) is 12.0 Å². The third-order valence-electron chi connectivity index (χ3n) is 3.06. The van der Waals surface area contributed by atoms with Crippen molar-refractivity contribution in [1.29, 1.82) is 0 Å². The zero-order valence-electron chi connectivity index (χ0n) is 11.5. The normalized spacial score (nSPS) is 10.5. The van der Waals surface area contributed by atoms with Gasteiger partial charge in [0, 0.05) is 15.9 Å². The molecule has 0 aliphatic carbocycles. The zero-order chi connectivity index (χ0) is 13.8. The number of aryl methyl sites for hydroxylation is 2. The Morgan fingerprint density at radius 1 is 1.11 bits per heavy atom. The summed E-state index contributed by atoms with van der Waals surface area (Å²) < 4.78 is 1.13. The summed E-state index contributed by atoms with van der Waals surface area (Å²) in [5.41, 5.74) is 5.02. The summed E-state index contributed by atoms with van der Waals surface area (Å²) in [4.78, 5) is 1.30. The molecular weight excluding hydrogens is 318 g/mol. The average Bonchev–Trinajstić information content (AvgIpc) is 2.38. The molecule has 0 amide bonds. The molecule has 100 valence electrons. The van der Waals surface area contributed by atoms with Gasteiger partial charge in [-0.2, -0.15) is 0 Å². The third-order valence-corrected chi connectivity index (χ3v) is 4.43. The molecule has 0 bridgehead atoms. The lowest BCUT2D eigenvalue weighted by Gasteiger charge is -2.13. The van der Waals surface area contributed by atoms with Gasteiger partial charge >= 0.3 is 0 Å². The second-order valence-electron chi connectivity index (χ2n) is 4.64. The van der Waals surface area contributed by atoms with E-state index in [1.54, 1.807) is 11.8 Å². The fourth-order valence-corrected chi connectivity index (χ4v) is 3.30. The second-order valence-corrected chi connectivity index (χ2v) is 6.37. The molecule has 0 saturated carbocycles. The van der Waals surface area contributed by atoms with Gasteiger partial charge in [-0.3, -0.25) is 0 Å². The number of hydrogen-bond acceptors (Lipinski definition) is 2. The number of anilines is 1. The van der Waals surface area contributed by atoms with Crippen molar-refractivity contribution in [1.82, 2.24) is 0 Å². The fourth-order valence-electron chi connectivity index (χ4n) is 2.07. The summed E-state index contributed by atoms with van der Waals surface area (Å²) in [6.07, 6.45) is 2.10. The maximum Gasteiger partial charge on any atom is 0.0517 e. The monoisotopic (exact) mass is 335 g/mol. The van der Waals surface area contributed by atoms with Crippen LogP contribution in [0.3, 0.4) is 0 Å². The molecule has 0 aromatic heterocycles. The molecule has 3 heteroatoms. The summed E-state index contributed by atoms with van der Waals surface area (Å²) in [7, 11) is 0. The van der Waals surface area contributed by atoms with Gasteiger partial charge in [0.05, 0.1) is 5.69 Å². The van der Waals surface area contributed by atoms with Gasteiger partial charge in [0.2, 0.25) is 0 Å². The van der Waals surface area contributed by atoms with Crippen LogP contribution in [0.1, 0.15) is 16.7 Å². The van der Waals surface area contributed by atoms with Crippen molar-refractivity contribution in [3.05, 3.63) is 57.6 Å². The van der Waals surface area contributed by atoms with Gasteiger partial charge in [0.15, 0.2) is 0 Å². The average molecular weight is 336 g/mol. The predicted molar refractivity (Wildman–Crippen MR) is 89.2 cm³/mol. The first kappa shape index (κ1) is 14.5. The van der Waals surface area contributed by atoms with Gasteiger partial charge in [0.25, 0.3) is 0 Å². The third kappa shape index (κ3) is 3.77. The zero-order valence-corrected chi connectivity index (χ0v) is 13.9. The van der Waals surface area contributed by atoms with E-state index in [0.717, 1.165) is 11.0 Å². The van der Waals surface area contributed by atoms with Gasteiger partial charge in [0.1, 0.15) is 0 Å². The number of thioether (sulfide) groups is 1. The molecule has 0 aliphatic rings. The minimum atomic E-state index is 0.844. The van der Waals surface area contributed by atoms with Crippen molar-refractivity contribution >= 4 is 33.4 Å². The molecule has 2 aromatic rings. The van der Waals surface area contributed by atoms with Gasteiger partial charge in [-0.25, -0.2) is 0 Å². The first-order chi connectivity index (χ1) is 9.10. The lowest BCUT2D eigenvalue weighted by molar-refractivity contribution is 1.13. The largest absolute Gasteiger partial charge is 0.380 e. The van der Waals surface area contributed by atoms with Crippen LogP contribution in [-0.2, 0) is 6.54 Å². The Morgan fingerprint density at radius 2 is 1.79 bits per heavy atom. The SMILES string of the molecule is CSc1ccc(CNc2c(C)cc(C)cc2Br)cc1. The number of halogens is 1. The number of hydrogen-bond donors (Lipinski definition) is 1. The van der Waals surface area contributed by atoms with Gasteiger partial charge in [-0.1, -0.05) is 18.2 Å². The molecule has 2 aromatic carbocycles. The predicted octanol–water partition coefficient (Wildman–Crippen LogP) is 5.40. The van der Waals surface area contributed by atoms with Gasteiger partial charge in [-0.05, 0) is 70.9 Å². The Kier molecular flexibility index (Phi) is 4.94. The van der Waals surface area contributed by atoms with Crippen molar-refractivity contribution in [3.8, 4) is 0 Å². The van der Waals surface area contributed by atoms with E-state index in [1.807, 2.05) is 0 Å². The van der Waals surface area contributed by atoms with Crippen molar-refractivity contribution < 1.29 is 0 Å². The Labute approximate surface area is 127 Å². The highest BCUT2D eigenvalue weighted by Gasteiger charge is 2.04. The van der Waals surface area contributed by atoms with Crippen molar-refractivity contribution in [2.45, 2.75) is 25.3 Å². The standard InChI is InChI=1S/C16H18BrNS/c1-11-8-12(2)16(15(17)9-11)18-10-13-4-6-14(19-3)7-5-13/h4-9,18H,10H2,1-3H3. The second kappa shape index (κ2) is 6.49. The van der Waals surface area contributed by atoms with Crippen molar-refractivity contribution in [3.63, 3.8) is 0 Å². The molecule has 0 radical (unpaired) electrons. The lowest BCUT2D eigenvalue weighted by Crippen LogP contribution is -2.02. The summed E-state index contributed by atoms with van der Waals surface area (Å²) in [6.45, 7) is 5.09. The molecule has 0 spiro atoms. The van der Waals surface area contributed by atoms with Crippen LogP contribution in [0.5, 0.6) is 0 Å². The van der Waals surface area contributed by atoms with E-state index < -0.39 is 0 Å². The van der Waals surface area contributed by atoms with Crippen molar-refractivity contribution in [2.75, 3.05) is 11.6 Å². The summed E-state index contributed by atoms with van der Waals surface area (Å²) >= 11 is 5.40. The molecule has 0 fully saturated rings. The fraction of sp³-hybridized carbons (Fsp3) is 0.250. The Bertz CT molecular complexity index is 540. The van der Waals surface area contributed by atoms with Gasteiger partial charge < -0.3 is 5.32 Å². The highest BCUT2D eigenvalue weighted by Crippen LogP contribution is 2.28. The first-order valence-electron chi connectivity index (χ1n) is 6.23. The number of nitrogens with one attached hydrogen (secondary N) is 1. The number of benzene rings is 2. The molecule has 0 heterocycles. The van der Waals surface area contributed by atoms with Crippen LogP contribution >= 0.6 is 27.7 Å². The molecular formula is C16H18BrNS. The van der Waals surface area contributed by atoms with Crippen LogP contribution in [0, 0.1) is 13.8 Å². The molecule has 1 nitrogen and oxygen atoms in total. The molecule has 2 rings (SSSR count). The highest BCUT2D eigenvalue weighted by molar-refractivity contribution is 9.10. The summed E-state index contributed by atoms with van der Waals surface area (Å²) in [5.74, 6) is 0. The Balaban J connectivity index is 2.10. The van der Waals surface area contributed by atoms with E-state index in [4.69, 9.17) is 0 Å². The van der Waals surface area contributed by atoms with E-state index in [-0.39, 0.29) is 0 Å². The van der Waals surface area contributed by atoms with Crippen LogP contribution < -0.4 is 5.32 Å². The van der Waals surface area contributed by atoms with Gasteiger partial charge in [-0.15, -0.1) is 11.8 Å². The molecule has 0 saturated heterocycles. The van der Waals surface area contributed by atoms with E-state index in [1.165, 1.54) is 27.3 Å². The highest BCUT2D eigenvalue weighted by atomic mass is 79.9. The minimum Gasteiger partial charge on any atom is -0.380 e. The van der Waals surface area contributed by atoms with E-state index in [9.17, 15) is 0 Å². The quantitative estimate of drug-likeness (QED) is 0.750. The molecule has 0 aliphatic heterocycles. The molecule has 0 atom stereocenters. The maximum absolute atomic E-state index is 3.63. The number of rotatable bonds is 4. The molecule has 19 heavy (non-hydrogen) atoms. The molecule has 1 N–H and O–H groups in total. The maximum atomic E-state index is 3.63. The Hall–Kier alpha value is -0.930. The summed E-state index contributed by atoms with van der Waals surface area (Å²) in [5, 5.41) is 3.51.